The summed E-state index contributed by atoms with van der Waals surface area (Å²) in [6.07, 6.45) is 3.39. The Morgan fingerprint density at radius 1 is 1.28 bits per heavy atom. The minimum absolute atomic E-state index is 0.0947. The molecule has 1 aliphatic heterocycles. The van der Waals surface area contributed by atoms with E-state index in [0.29, 0.717) is 6.61 Å². The van der Waals surface area contributed by atoms with Gasteiger partial charge in [-0.2, -0.15) is 0 Å². The van der Waals surface area contributed by atoms with Crippen molar-refractivity contribution < 1.29 is 19.0 Å². The molecule has 1 aliphatic rings. The summed E-state index contributed by atoms with van der Waals surface area (Å²) in [5.74, 6) is 0.521. The highest BCUT2D eigenvalue weighted by Crippen LogP contribution is 2.25. The van der Waals surface area contributed by atoms with Crippen molar-refractivity contribution in [1.82, 2.24) is 0 Å². The fraction of sp³-hybridized carbons (Fsp3) is 0.357. The van der Waals surface area contributed by atoms with Gasteiger partial charge >= 0.3 is 5.97 Å². The molecule has 0 bridgehead atoms. The molecule has 0 aromatic heterocycles. The third-order valence-electron chi connectivity index (χ3n) is 2.70. The molecule has 96 valence electrons. The number of esters is 1. The molecular formula is C14H16O4. The second-order valence-electron chi connectivity index (χ2n) is 4.06. The van der Waals surface area contributed by atoms with Gasteiger partial charge in [0.25, 0.3) is 0 Å². The molecule has 18 heavy (non-hydrogen) atoms. The molecule has 2 atom stereocenters. The molecule has 4 nitrogen and oxygen atoms in total. The van der Waals surface area contributed by atoms with Crippen LogP contribution in [0, 0.1) is 0 Å². The minimum Gasteiger partial charge on any atom is -0.497 e. The molecule has 1 aromatic rings. The fourth-order valence-electron chi connectivity index (χ4n) is 1.82. The van der Waals surface area contributed by atoms with Crippen molar-refractivity contribution in [2.75, 3.05) is 13.7 Å². The SMILES string of the molecule is COc1ccc([C@@H]2C=C[C@H](OC(C)=O)CO2)cc1. The van der Waals surface area contributed by atoms with Crippen LogP contribution in [0.2, 0.25) is 0 Å². The van der Waals surface area contributed by atoms with Crippen molar-refractivity contribution in [3.05, 3.63) is 42.0 Å². The Balaban J connectivity index is 2.01. The van der Waals surface area contributed by atoms with Crippen molar-refractivity contribution in [1.29, 1.82) is 0 Å². The molecular weight excluding hydrogens is 232 g/mol. The number of rotatable bonds is 3. The molecule has 1 heterocycles. The van der Waals surface area contributed by atoms with Crippen LogP contribution in [0.5, 0.6) is 5.75 Å². The number of hydrogen-bond donors (Lipinski definition) is 0. The number of carbonyl (C=O) groups excluding carboxylic acids is 1. The molecule has 0 radical (unpaired) electrons. The average Bonchev–Trinajstić information content (AvgIpc) is 2.39. The zero-order valence-electron chi connectivity index (χ0n) is 10.5. The van der Waals surface area contributed by atoms with Crippen molar-refractivity contribution in [2.45, 2.75) is 19.1 Å². The van der Waals surface area contributed by atoms with Crippen LogP contribution in [-0.4, -0.2) is 25.8 Å². The highest BCUT2D eigenvalue weighted by molar-refractivity contribution is 5.66. The highest BCUT2D eigenvalue weighted by atomic mass is 16.6. The molecule has 2 rings (SSSR count). The smallest absolute Gasteiger partial charge is 0.303 e. The Kier molecular flexibility index (Phi) is 3.99. The minimum atomic E-state index is -0.295. The topological polar surface area (TPSA) is 44.8 Å². The van der Waals surface area contributed by atoms with E-state index in [-0.39, 0.29) is 18.2 Å². The summed E-state index contributed by atoms with van der Waals surface area (Å²) in [7, 11) is 1.63. The van der Waals surface area contributed by atoms with Gasteiger partial charge < -0.3 is 14.2 Å². The maximum Gasteiger partial charge on any atom is 0.303 e. The molecule has 0 unspecified atom stereocenters. The first kappa shape index (κ1) is 12.6. The lowest BCUT2D eigenvalue weighted by atomic mass is 10.1. The summed E-state index contributed by atoms with van der Waals surface area (Å²) in [5, 5.41) is 0. The first-order chi connectivity index (χ1) is 8.69. The first-order valence-corrected chi connectivity index (χ1v) is 5.80. The monoisotopic (exact) mass is 248 g/mol. The Labute approximate surface area is 106 Å². The fourth-order valence-corrected chi connectivity index (χ4v) is 1.82. The average molecular weight is 248 g/mol. The van der Waals surface area contributed by atoms with Gasteiger partial charge in [-0.3, -0.25) is 4.79 Å². The molecule has 0 saturated carbocycles. The van der Waals surface area contributed by atoms with E-state index < -0.39 is 0 Å². The van der Waals surface area contributed by atoms with Gasteiger partial charge in [0.2, 0.25) is 0 Å². The number of hydrogen-bond acceptors (Lipinski definition) is 4. The Hall–Kier alpha value is -1.81. The largest absolute Gasteiger partial charge is 0.497 e. The van der Waals surface area contributed by atoms with E-state index in [9.17, 15) is 4.79 Å². The van der Waals surface area contributed by atoms with Gasteiger partial charge in [-0.15, -0.1) is 0 Å². The summed E-state index contributed by atoms with van der Waals surface area (Å²) in [6, 6.07) is 7.70. The second-order valence-corrected chi connectivity index (χ2v) is 4.06. The number of benzene rings is 1. The molecule has 0 amide bonds. The lowest BCUT2D eigenvalue weighted by Crippen LogP contribution is -2.24. The predicted molar refractivity (Wildman–Crippen MR) is 66.4 cm³/mol. The van der Waals surface area contributed by atoms with Gasteiger partial charge in [-0.25, -0.2) is 0 Å². The molecule has 0 saturated heterocycles. The summed E-state index contributed by atoms with van der Waals surface area (Å²) in [5.41, 5.74) is 1.05. The van der Waals surface area contributed by atoms with Crippen LogP contribution in [0.3, 0.4) is 0 Å². The maximum absolute atomic E-state index is 10.8. The van der Waals surface area contributed by atoms with E-state index in [1.165, 1.54) is 6.92 Å². The van der Waals surface area contributed by atoms with E-state index in [0.717, 1.165) is 11.3 Å². The lowest BCUT2D eigenvalue weighted by molar-refractivity contribution is -0.148. The molecule has 0 N–H and O–H groups in total. The van der Waals surface area contributed by atoms with Gasteiger partial charge in [0, 0.05) is 6.92 Å². The van der Waals surface area contributed by atoms with Crippen LogP contribution in [0.25, 0.3) is 0 Å². The Morgan fingerprint density at radius 2 is 2.00 bits per heavy atom. The standard InChI is InChI=1S/C14H16O4/c1-10(15)18-13-7-8-14(17-9-13)11-3-5-12(16-2)6-4-11/h3-8,13-14H,9H2,1-2H3/t13-,14-/m0/s1. The first-order valence-electron chi connectivity index (χ1n) is 5.80. The van der Waals surface area contributed by atoms with Crippen LogP contribution < -0.4 is 4.74 Å². The van der Waals surface area contributed by atoms with Gasteiger partial charge in [-0.1, -0.05) is 18.2 Å². The zero-order chi connectivity index (χ0) is 13.0. The molecule has 0 aliphatic carbocycles. The van der Waals surface area contributed by atoms with E-state index in [1.54, 1.807) is 7.11 Å². The van der Waals surface area contributed by atoms with E-state index in [1.807, 2.05) is 36.4 Å². The van der Waals surface area contributed by atoms with Crippen LogP contribution in [0.1, 0.15) is 18.6 Å². The maximum atomic E-state index is 10.8. The van der Waals surface area contributed by atoms with E-state index in [4.69, 9.17) is 14.2 Å². The zero-order valence-corrected chi connectivity index (χ0v) is 10.5. The Morgan fingerprint density at radius 3 is 2.50 bits per heavy atom. The van der Waals surface area contributed by atoms with Crippen LogP contribution in [-0.2, 0) is 14.3 Å². The van der Waals surface area contributed by atoms with Crippen molar-refractivity contribution >= 4 is 5.97 Å². The highest BCUT2D eigenvalue weighted by Gasteiger charge is 2.19. The Bertz CT molecular complexity index is 436. The van der Waals surface area contributed by atoms with Crippen LogP contribution in [0.15, 0.2) is 36.4 Å². The van der Waals surface area contributed by atoms with Crippen molar-refractivity contribution in [2.24, 2.45) is 0 Å². The third kappa shape index (κ3) is 3.11. The van der Waals surface area contributed by atoms with E-state index >= 15 is 0 Å². The molecule has 0 fully saturated rings. The molecule has 1 aromatic carbocycles. The normalized spacial score (nSPS) is 22.6. The second kappa shape index (κ2) is 5.69. The van der Waals surface area contributed by atoms with Gasteiger partial charge in [0.05, 0.1) is 13.7 Å². The number of ether oxygens (including phenoxy) is 3. The quantitative estimate of drug-likeness (QED) is 0.608. The molecule has 0 spiro atoms. The summed E-state index contributed by atoms with van der Waals surface area (Å²) in [6.45, 7) is 1.77. The van der Waals surface area contributed by atoms with E-state index in [2.05, 4.69) is 0 Å². The van der Waals surface area contributed by atoms with Gasteiger partial charge in [-0.05, 0) is 23.8 Å². The third-order valence-corrected chi connectivity index (χ3v) is 2.70. The molecule has 4 heteroatoms. The van der Waals surface area contributed by atoms with Gasteiger partial charge in [0.1, 0.15) is 18.0 Å². The number of methoxy groups -OCH3 is 1. The predicted octanol–water partition coefficient (Wildman–Crippen LogP) is 2.25. The number of carbonyl (C=O) groups is 1. The lowest BCUT2D eigenvalue weighted by Gasteiger charge is -2.23. The summed E-state index contributed by atoms with van der Waals surface area (Å²) in [4.78, 5) is 10.8. The van der Waals surface area contributed by atoms with Crippen molar-refractivity contribution in [3.63, 3.8) is 0 Å². The summed E-state index contributed by atoms with van der Waals surface area (Å²) >= 11 is 0. The van der Waals surface area contributed by atoms with Gasteiger partial charge in [0.15, 0.2) is 0 Å². The summed E-state index contributed by atoms with van der Waals surface area (Å²) < 4.78 is 15.8. The van der Waals surface area contributed by atoms with Crippen LogP contribution in [0.4, 0.5) is 0 Å². The van der Waals surface area contributed by atoms with Crippen molar-refractivity contribution in [3.8, 4) is 5.75 Å². The van der Waals surface area contributed by atoms with Crippen LogP contribution >= 0.6 is 0 Å².